The monoisotopic (exact) mass is 315 g/mol. The number of hydrogen-bond acceptors (Lipinski definition) is 3. The molecule has 3 aliphatic rings. The van der Waals surface area contributed by atoms with Crippen molar-refractivity contribution in [3.63, 3.8) is 0 Å². The van der Waals surface area contributed by atoms with Gasteiger partial charge in [-0.25, -0.2) is 0 Å². The highest BCUT2D eigenvalue weighted by Gasteiger charge is 2.33. The molecule has 2 heterocycles. The van der Waals surface area contributed by atoms with Gasteiger partial charge in [0.05, 0.1) is 6.04 Å². The minimum absolute atomic E-state index is 0. The zero-order valence-electron chi connectivity index (χ0n) is 13.1. The quantitative estimate of drug-likeness (QED) is 0.838. The number of nitrogens with zero attached hydrogens (tertiary/aromatic N) is 1. The van der Waals surface area contributed by atoms with Crippen molar-refractivity contribution in [2.45, 2.75) is 82.5 Å². The Morgan fingerprint density at radius 2 is 1.81 bits per heavy atom. The first-order valence-electron chi connectivity index (χ1n) is 8.53. The highest BCUT2D eigenvalue weighted by atomic mass is 35.5. The number of amides is 1. The fourth-order valence-corrected chi connectivity index (χ4v) is 4.06. The van der Waals surface area contributed by atoms with Gasteiger partial charge in [-0.15, -0.1) is 12.4 Å². The fraction of sp³-hybridized carbons (Fsp3) is 0.938. The molecule has 0 radical (unpaired) electrons. The van der Waals surface area contributed by atoms with Crippen molar-refractivity contribution < 1.29 is 4.79 Å². The molecule has 2 saturated heterocycles. The van der Waals surface area contributed by atoms with Gasteiger partial charge in [-0.3, -0.25) is 9.69 Å². The predicted octanol–water partition coefficient (Wildman–Crippen LogP) is 2.07. The van der Waals surface area contributed by atoms with Crippen LogP contribution in [0.4, 0.5) is 0 Å². The summed E-state index contributed by atoms with van der Waals surface area (Å²) in [4.78, 5) is 14.8. The average Bonchev–Trinajstić information content (AvgIpc) is 2.79. The molecule has 0 aromatic carbocycles. The lowest BCUT2D eigenvalue weighted by Gasteiger charge is -2.31. The molecular weight excluding hydrogens is 286 g/mol. The summed E-state index contributed by atoms with van der Waals surface area (Å²) in [7, 11) is 0. The minimum Gasteiger partial charge on any atom is -0.352 e. The second-order valence-corrected chi connectivity index (χ2v) is 6.94. The summed E-state index contributed by atoms with van der Waals surface area (Å²) < 4.78 is 0. The third-order valence-corrected chi connectivity index (χ3v) is 5.43. The van der Waals surface area contributed by atoms with Gasteiger partial charge >= 0.3 is 0 Å². The molecule has 1 aliphatic carbocycles. The van der Waals surface area contributed by atoms with Crippen LogP contribution in [0, 0.1) is 0 Å². The Kier molecular flexibility index (Phi) is 6.33. The molecule has 2 bridgehead atoms. The molecule has 1 amide bonds. The van der Waals surface area contributed by atoms with Gasteiger partial charge in [0.15, 0.2) is 0 Å². The predicted molar refractivity (Wildman–Crippen MR) is 87.9 cm³/mol. The van der Waals surface area contributed by atoms with Crippen LogP contribution in [0.2, 0.25) is 0 Å². The summed E-state index contributed by atoms with van der Waals surface area (Å²) in [6.07, 6.45) is 10.0. The van der Waals surface area contributed by atoms with Crippen LogP contribution in [-0.4, -0.2) is 48.1 Å². The Labute approximate surface area is 134 Å². The zero-order valence-corrected chi connectivity index (χ0v) is 14.0. The molecule has 0 aromatic rings. The minimum atomic E-state index is 0. The van der Waals surface area contributed by atoms with E-state index >= 15 is 0 Å². The van der Waals surface area contributed by atoms with E-state index in [-0.39, 0.29) is 24.4 Å². The van der Waals surface area contributed by atoms with Gasteiger partial charge in [0.2, 0.25) is 5.91 Å². The van der Waals surface area contributed by atoms with E-state index in [9.17, 15) is 4.79 Å². The van der Waals surface area contributed by atoms with Crippen molar-refractivity contribution in [3.05, 3.63) is 0 Å². The van der Waals surface area contributed by atoms with Gasteiger partial charge in [0.1, 0.15) is 0 Å². The zero-order chi connectivity index (χ0) is 13.9. The molecule has 2 aliphatic heterocycles. The average molecular weight is 316 g/mol. The van der Waals surface area contributed by atoms with Crippen LogP contribution in [0.5, 0.6) is 0 Å². The standard InChI is InChI=1S/C16H29N3O.ClH/c1-12(16(20)18-13-5-3-2-4-6-13)19-10-9-14-7-8-15(11-19)17-14;/h12-15,17H,2-11H2,1H3,(H,18,20);1H. The van der Waals surface area contributed by atoms with E-state index in [0.29, 0.717) is 18.1 Å². The van der Waals surface area contributed by atoms with Gasteiger partial charge in [0, 0.05) is 31.2 Å². The third kappa shape index (κ3) is 4.33. The van der Waals surface area contributed by atoms with Crippen molar-refractivity contribution in [1.29, 1.82) is 0 Å². The Hall–Kier alpha value is -0.320. The normalized spacial score (nSPS) is 32.0. The number of carbonyl (C=O) groups excluding carboxylic acids is 1. The summed E-state index contributed by atoms with van der Waals surface area (Å²) in [5.74, 6) is 0.245. The number of nitrogens with one attached hydrogen (secondary N) is 2. The maximum Gasteiger partial charge on any atom is 0.237 e. The first kappa shape index (κ1) is 17.0. The summed E-state index contributed by atoms with van der Waals surface area (Å²) in [5, 5.41) is 6.96. The lowest BCUT2D eigenvalue weighted by molar-refractivity contribution is -0.126. The van der Waals surface area contributed by atoms with Crippen LogP contribution >= 0.6 is 12.4 Å². The fourth-order valence-electron chi connectivity index (χ4n) is 4.06. The van der Waals surface area contributed by atoms with E-state index in [1.165, 1.54) is 51.4 Å². The Balaban J connectivity index is 0.00000161. The number of carbonyl (C=O) groups is 1. The molecule has 0 spiro atoms. The summed E-state index contributed by atoms with van der Waals surface area (Å²) in [5.41, 5.74) is 0. The highest BCUT2D eigenvalue weighted by Crippen LogP contribution is 2.22. The second kappa shape index (κ2) is 7.80. The van der Waals surface area contributed by atoms with Gasteiger partial charge in [-0.05, 0) is 39.0 Å². The molecule has 3 unspecified atom stereocenters. The molecule has 3 atom stereocenters. The smallest absolute Gasteiger partial charge is 0.237 e. The molecule has 122 valence electrons. The van der Waals surface area contributed by atoms with Crippen molar-refractivity contribution in [1.82, 2.24) is 15.5 Å². The topological polar surface area (TPSA) is 44.4 Å². The van der Waals surface area contributed by atoms with Gasteiger partial charge in [-0.1, -0.05) is 19.3 Å². The second-order valence-electron chi connectivity index (χ2n) is 6.94. The van der Waals surface area contributed by atoms with Gasteiger partial charge in [0.25, 0.3) is 0 Å². The van der Waals surface area contributed by atoms with Crippen LogP contribution < -0.4 is 10.6 Å². The van der Waals surface area contributed by atoms with Crippen molar-refractivity contribution >= 4 is 18.3 Å². The van der Waals surface area contributed by atoms with E-state index < -0.39 is 0 Å². The van der Waals surface area contributed by atoms with Crippen LogP contribution in [0.3, 0.4) is 0 Å². The number of fused-ring (bicyclic) bond motifs is 2. The van der Waals surface area contributed by atoms with Crippen LogP contribution in [-0.2, 0) is 4.79 Å². The molecule has 3 fully saturated rings. The summed E-state index contributed by atoms with van der Waals surface area (Å²) in [6, 6.07) is 1.75. The summed E-state index contributed by atoms with van der Waals surface area (Å²) >= 11 is 0. The molecule has 3 rings (SSSR count). The first-order chi connectivity index (χ1) is 9.72. The lowest BCUT2D eigenvalue weighted by atomic mass is 9.95. The van der Waals surface area contributed by atoms with E-state index in [1.807, 2.05) is 0 Å². The first-order valence-corrected chi connectivity index (χ1v) is 8.53. The Bertz CT molecular complexity index is 346. The highest BCUT2D eigenvalue weighted by molar-refractivity contribution is 5.85. The van der Waals surface area contributed by atoms with Crippen molar-refractivity contribution in [3.8, 4) is 0 Å². The molecule has 21 heavy (non-hydrogen) atoms. The lowest BCUT2D eigenvalue weighted by Crippen LogP contribution is -2.50. The maximum atomic E-state index is 12.5. The van der Waals surface area contributed by atoms with Crippen molar-refractivity contribution in [2.75, 3.05) is 13.1 Å². The molecule has 4 nitrogen and oxygen atoms in total. The largest absolute Gasteiger partial charge is 0.352 e. The van der Waals surface area contributed by atoms with Crippen LogP contribution in [0.15, 0.2) is 0 Å². The van der Waals surface area contributed by atoms with Crippen LogP contribution in [0.25, 0.3) is 0 Å². The number of rotatable bonds is 3. The Morgan fingerprint density at radius 3 is 2.57 bits per heavy atom. The molecule has 0 aromatic heterocycles. The SMILES string of the molecule is CC(C(=O)NC1CCCCC1)N1CCC2CCC(C1)N2.Cl. The number of halogens is 1. The maximum absolute atomic E-state index is 12.5. The van der Waals surface area contributed by atoms with E-state index in [2.05, 4.69) is 22.5 Å². The molecular formula is C16H30ClN3O. The number of hydrogen-bond donors (Lipinski definition) is 2. The van der Waals surface area contributed by atoms with Crippen LogP contribution in [0.1, 0.15) is 58.3 Å². The summed E-state index contributed by atoms with van der Waals surface area (Å²) in [6.45, 7) is 4.18. The van der Waals surface area contributed by atoms with E-state index in [0.717, 1.165) is 13.1 Å². The third-order valence-electron chi connectivity index (χ3n) is 5.43. The van der Waals surface area contributed by atoms with Crippen molar-refractivity contribution in [2.24, 2.45) is 0 Å². The van der Waals surface area contributed by atoms with E-state index in [4.69, 9.17) is 0 Å². The molecule has 5 heteroatoms. The Morgan fingerprint density at radius 1 is 1.10 bits per heavy atom. The molecule has 1 saturated carbocycles. The number of likely N-dealkylation sites (tertiary alicyclic amines) is 1. The molecule has 2 N–H and O–H groups in total. The van der Waals surface area contributed by atoms with Gasteiger partial charge in [-0.2, -0.15) is 0 Å². The van der Waals surface area contributed by atoms with E-state index in [1.54, 1.807) is 0 Å². The van der Waals surface area contributed by atoms with Gasteiger partial charge < -0.3 is 10.6 Å².